The van der Waals surface area contributed by atoms with E-state index in [0.29, 0.717) is 18.1 Å². The molecule has 1 aromatic carbocycles. The maximum Gasteiger partial charge on any atom is 0.250 e. The van der Waals surface area contributed by atoms with E-state index < -0.39 is 0 Å². The lowest BCUT2D eigenvalue weighted by atomic mass is 10.0. The van der Waals surface area contributed by atoms with Gasteiger partial charge in [0.05, 0.1) is 4.87 Å². The van der Waals surface area contributed by atoms with E-state index in [9.17, 15) is 9.59 Å². The number of amides is 2. The Bertz CT molecular complexity index is 646. The molecule has 2 aliphatic heterocycles. The Morgan fingerprint density at radius 3 is 2.87 bits per heavy atom. The molecule has 2 aliphatic rings. The van der Waals surface area contributed by atoms with Crippen molar-refractivity contribution in [2.24, 2.45) is 0 Å². The normalized spacial score (nSPS) is 26.7. The standard InChI is InChI=1S/C18H24N2O2S/c1-12(2)13-6-5-7-14(10-13)19(4)17(22)15-11-23-18(3)9-8-16(21)20(15)18/h5-7,10,12,15H,8-9,11H2,1-4H3. The second-order valence-corrected chi connectivity index (χ2v) is 8.41. The average molecular weight is 332 g/mol. The van der Waals surface area contributed by atoms with Crippen molar-refractivity contribution in [2.75, 3.05) is 17.7 Å². The first-order chi connectivity index (χ1) is 10.8. The van der Waals surface area contributed by atoms with E-state index >= 15 is 0 Å². The number of carbonyl (C=O) groups is 2. The number of anilines is 1. The van der Waals surface area contributed by atoms with Crippen LogP contribution in [-0.2, 0) is 9.59 Å². The van der Waals surface area contributed by atoms with Gasteiger partial charge >= 0.3 is 0 Å². The second kappa shape index (κ2) is 5.86. The third kappa shape index (κ3) is 2.75. The number of likely N-dealkylation sites (N-methyl/N-ethyl adjacent to an activating group) is 1. The molecule has 0 N–H and O–H groups in total. The van der Waals surface area contributed by atoms with Gasteiger partial charge in [0, 0.05) is 24.9 Å². The minimum Gasteiger partial charge on any atom is -0.315 e. The van der Waals surface area contributed by atoms with Crippen molar-refractivity contribution < 1.29 is 9.59 Å². The molecule has 2 amide bonds. The maximum atomic E-state index is 13.0. The third-order valence-corrected chi connectivity index (χ3v) is 6.49. The third-order valence-electron chi connectivity index (χ3n) is 4.98. The number of rotatable bonds is 3. The molecule has 4 nitrogen and oxygen atoms in total. The molecule has 0 bridgehead atoms. The number of benzene rings is 1. The fraction of sp³-hybridized carbons (Fsp3) is 0.556. The van der Waals surface area contributed by atoms with Crippen LogP contribution in [0, 0.1) is 0 Å². The monoisotopic (exact) mass is 332 g/mol. The molecule has 5 heteroatoms. The first-order valence-electron chi connectivity index (χ1n) is 8.17. The molecule has 2 saturated heterocycles. The second-order valence-electron chi connectivity index (χ2n) is 6.91. The lowest BCUT2D eigenvalue weighted by molar-refractivity contribution is -0.136. The van der Waals surface area contributed by atoms with E-state index in [1.54, 1.807) is 16.7 Å². The van der Waals surface area contributed by atoms with Gasteiger partial charge in [0.2, 0.25) is 11.8 Å². The van der Waals surface area contributed by atoms with Crippen molar-refractivity contribution in [3.63, 3.8) is 0 Å². The number of thioether (sulfide) groups is 1. The average Bonchev–Trinajstić information content (AvgIpc) is 3.02. The Morgan fingerprint density at radius 2 is 2.17 bits per heavy atom. The summed E-state index contributed by atoms with van der Waals surface area (Å²) >= 11 is 1.73. The summed E-state index contributed by atoms with van der Waals surface area (Å²) in [6.07, 6.45) is 1.40. The van der Waals surface area contributed by atoms with E-state index in [4.69, 9.17) is 0 Å². The molecule has 124 valence electrons. The van der Waals surface area contributed by atoms with Gasteiger partial charge in [-0.3, -0.25) is 9.59 Å². The van der Waals surface area contributed by atoms with Crippen molar-refractivity contribution in [3.8, 4) is 0 Å². The Labute approximate surface area is 142 Å². The van der Waals surface area contributed by atoms with Crippen molar-refractivity contribution in [2.45, 2.75) is 50.4 Å². The fourth-order valence-electron chi connectivity index (χ4n) is 3.45. The quantitative estimate of drug-likeness (QED) is 0.853. The molecule has 1 aromatic rings. The molecule has 0 aromatic heterocycles. The summed E-state index contributed by atoms with van der Waals surface area (Å²) in [6.45, 7) is 6.36. The first-order valence-corrected chi connectivity index (χ1v) is 9.16. The SMILES string of the molecule is CC(C)c1cccc(N(C)C(=O)C2CSC3(C)CCC(=O)N23)c1. The van der Waals surface area contributed by atoms with E-state index in [1.165, 1.54) is 5.56 Å². The van der Waals surface area contributed by atoms with Crippen LogP contribution in [0.15, 0.2) is 24.3 Å². The highest BCUT2D eigenvalue weighted by molar-refractivity contribution is 8.01. The summed E-state index contributed by atoms with van der Waals surface area (Å²) in [4.78, 5) is 28.5. The zero-order valence-electron chi connectivity index (χ0n) is 14.2. The van der Waals surface area contributed by atoms with Crippen LogP contribution in [0.2, 0.25) is 0 Å². The summed E-state index contributed by atoms with van der Waals surface area (Å²) in [5, 5.41) is 0. The molecule has 2 heterocycles. The van der Waals surface area contributed by atoms with Crippen LogP contribution in [0.5, 0.6) is 0 Å². The Hall–Kier alpha value is -1.49. The molecule has 2 atom stereocenters. The van der Waals surface area contributed by atoms with Gasteiger partial charge in [-0.1, -0.05) is 26.0 Å². The summed E-state index contributed by atoms with van der Waals surface area (Å²) in [5.41, 5.74) is 2.11. The molecule has 2 fully saturated rings. The van der Waals surface area contributed by atoms with Gasteiger partial charge in [-0.2, -0.15) is 0 Å². The van der Waals surface area contributed by atoms with Crippen molar-refractivity contribution in [3.05, 3.63) is 29.8 Å². The molecular formula is C18H24N2O2S. The van der Waals surface area contributed by atoms with E-state index in [-0.39, 0.29) is 22.7 Å². The highest BCUT2D eigenvalue weighted by Gasteiger charge is 2.53. The topological polar surface area (TPSA) is 40.6 Å². The summed E-state index contributed by atoms with van der Waals surface area (Å²) in [5.74, 6) is 1.23. The van der Waals surface area contributed by atoms with Gasteiger partial charge in [-0.15, -0.1) is 11.8 Å². The van der Waals surface area contributed by atoms with Crippen molar-refractivity contribution >= 4 is 29.3 Å². The zero-order valence-corrected chi connectivity index (χ0v) is 15.0. The lowest BCUT2D eigenvalue weighted by Crippen LogP contribution is -2.50. The summed E-state index contributed by atoms with van der Waals surface area (Å²) in [6, 6.07) is 7.75. The van der Waals surface area contributed by atoms with E-state index in [2.05, 4.69) is 32.9 Å². The van der Waals surface area contributed by atoms with Crippen molar-refractivity contribution in [1.82, 2.24) is 4.90 Å². The van der Waals surface area contributed by atoms with Gasteiger partial charge in [0.15, 0.2) is 0 Å². The van der Waals surface area contributed by atoms with Crippen LogP contribution in [0.3, 0.4) is 0 Å². The largest absolute Gasteiger partial charge is 0.315 e. The molecule has 3 rings (SSSR count). The van der Waals surface area contributed by atoms with Crippen LogP contribution >= 0.6 is 11.8 Å². The van der Waals surface area contributed by atoms with Gasteiger partial charge in [-0.05, 0) is 37.0 Å². The van der Waals surface area contributed by atoms with Crippen LogP contribution in [0.4, 0.5) is 5.69 Å². The zero-order chi connectivity index (χ0) is 16.8. The maximum absolute atomic E-state index is 13.0. The van der Waals surface area contributed by atoms with Gasteiger partial charge in [-0.25, -0.2) is 0 Å². The number of hydrogen-bond acceptors (Lipinski definition) is 3. The van der Waals surface area contributed by atoms with Crippen molar-refractivity contribution in [1.29, 1.82) is 0 Å². The van der Waals surface area contributed by atoms with Crippen LogP contribution in [-0.4, -0.2) is 40.4 Å². The van der Waals surface area contributed by atoms with Gasteiger partial charge < -0.3 is 9.80 Å². The highest BCUT2D eigenvalue weighted by Crippen LogP contribution is 2.47. The minimum atomic E-state index is -0.340. The lowest BCUT2D eigenvalue weighted by Gasteiger charge is -2.32. The predicted octanol–water partition coefficient (Wildman–Crippen LogP) is 3.23. The first kappa shape index (κ1) is 16.4. The van der Waals surface area contributed by atoms with Gasteiger partial charge in [0.25, 0.3) is 0 Å². The number of carbonyl (C=O) groups excluding carboxylic acids is 2. The minimum absolute atomic E-state index is 0.0115. The molecule has 0 saturated carbocycles. The van der Waals surface area contributed by atoms with Crippen LogP contribution in [0.25, 0.3) is 0 Å². The molecule has 2 unspecified atom stereocenters. The summed E-state index contributed by atoms with van der Waals surface area (Å²) < 4.78 is 0. The van der Waals surface area contributed by atoms with Crippen LogP contribution in [0.1, 0.15) is 45.1 Å². The number of fused-ring (bicyclic) bond motifs is 1. The Balaban J connectivity index is 1.83. The highest BCUT2D eigenvalue weighted by atomic mass is 32.2. The molecular weight excluding hydrogens is 308 g/mol. The Kier molecular flexibility index (Phi) is 4.17. The van der Waals surface area contributed by atoms with E-state index in [0.717, 1.165) is 12.1 Å². The Morgan fingerprint density at radius 1 is 1.43 bits per heavy atom. The fourth-order valence-corrected chi connectivity index (χ4v) is 4.87. The molecule has 0 spiro atoms. The molecule has 0 aliphatic carbocycles. The molecule has 23 heavy (non-hydrogen) atoms. The number of hydrogen-bond donors (Lipinski definition) is 0. The van der Waals surface area contributed by atoms with Gasteiger partial charge in [0.1, 0.15) is 6.04 Å². The smallest absolute Gasteiger partial charge is 0.250 e. The molecule has 0 radical (unpaired) electrons. The van der Waals surface area contributed by atoms with Crippen LogP contribution < -0.4 is 4.90 Å². The van der Waals surface area contributed by atoms with E-state index in [1.807, 2.05) is 24.1 Å². The summed E-state index contributed by atoms with van der Waals surface area (Å²) in [7, 11) is 1.81. The number of nitrogens with zero attached hydrogens (tertiary/aromatic N) is 2. The predicted molar refractivity (Wildman–Crippen MR) is 94.7 cm³/mol.